The van der Waals surface area contributed by atoms with Gasteiger partial charge in [-0.05, 0) is 63.0 Å². The lowest BCUT2D eigenvalue weighted by atomic mass is 10.1. The molecule has 0 aromatic carbocycles. The zero-order chi connectivity index (χ0) is 13.7. The first-order chi connectivity index (χ1) is 9.28. The third-order valence-electron chi connectivity index (χ3n) is 3.95. The van der Waals surface area contributed by atoms with Gasteiger partial charge in [0.25, 0.3) is 0 Å². The standard InChI is InChI=1S/C16H27N3/c1-4-6-19(7-5-2)16-9-13-8-15(12-17-3)18-11-14(13)10-16/h8,11,16-17H,4-7,9-10,12H2,1-3H3. The van der Waals surface area contributed by atoms with Gasteiger partial charge >= 0.3 is 0 Å². The number of hydrogen-bond acceptors (Lipinski definition) is 3. The summed E-state index contributed by atoms with van der Waals surface area (Å²) in [5.74, 6) is 0. The number of nitrogens with zero attached hydrogens (tertiary/aromatic N) is 2. The predicted octanol–water partition coefficient (Wildman–Crippen LogP) is 2.39. The van der Waals surface area contributed by atoms with Crippen molar-refractivity contribution in [3.05, 3.63) is 29.1 Å². The van der Waals surface area contributed by atoms with Crippen LogP contribution in [0.5, 0.6) is 0 Å². The molecule has 1 heterocycles. The lowest BCUT2D eigenvalue weighted by molar-refractivity contribution is 0.202. The first-order valence-corrected chi connectivity index (χ1v) is 7.63. The van der Waals surface area contributed by atoms with Gasteiger partial charge in [-0.2, -0.15) is 0 Å². The highest BCUT2D eigenvalue weighted by molar-refractivity contribution is 5.33. The highest BCUT2D eigenvalue weighted by Gasteiger charge is 2.26. The minimum Gasteiger partial charge on any atom is -0.314 e. The second-order valence-electron chi connectivity index (χ2n) is 5.57. The largest absolute Gasteiger partial charge is 0.314 e. The van der Waals surface area contributed by atoms with Gasteiger partial charge in [0, 0.05) is 18.8 Å². The number of aromatic nitrogens is 1. The summed E-state index contributed by atoms with van der Waals surface area (Å²) in [4.78, 5) is 7.21. The Bertz CT molecular complexity index is 397. The van der Waals surface area contributed by atoms with Crippen LogP contribution in [0.1, 0.15) is 43.5 Å². The van der Waals surface area contributed by atoms with Gasteiger partial charge in [-0.3, -0.25) is 9.88 Å². The monoisotopic (exact) mass is 261 g/mol. The third-order valence-corrected chi connectivity index (χ3v) is 3.95. The van der Waals surface area contributed by atoms with Crippen molar-refractivity contribution in [2.45, 2.75) is 52.1 Å². The van der Waals surface area contributed by atoms with Crippen molar-refractivity contribution >= 4 is 0 Å². The maximum Gasteiger partial charge on any atom is 0.0544 e. The van der Waals surface area contributed by atoms with Crippen molar-refractivity contribution < 1.29 is 0 Å². The molecule has 0 saturated heterocycles. The molecule has 0 radical (unpaired) electrons. The summed E-state index contributed by atoms with van der Waals surface area (Å²) in [5.41, 5.74) is 4.14. The summed E-state index contributed by atoms with van der Waals surface area (Å²) in [6.07, 6.45) is 6.97. The Labute approximate surface area is 117 Å². The second kappa shape index (κ2) is 7.01. The van der Waals surface area contributed by atoms with Crippen LogP contribution in [-0.4, -0.2) is 36.1 Å². The van der Waals surface area contributed by atoms with Gasteiger partial charge in [-0.1, -0.05) is 13.8 Å². The van der Waals surface area contributed by atoms with Gasteiger partial charge in [0.1, 0.15) is 0 Å². The lowest BCUT2D eigenvalue weighted by Crippen LogP contribution is -2.37. The second-order valence-corrected chi connectivity index (χ2v) is 5.57. The van der Waals surface area contributed by atoms with E-state index in [4.69, 9.17) is 0 Å². The van der Waals surface area contributed by atoms with E-state index in [2.05, 4.69) is 41.3 Å². The molecule has 0 saturated carbocycles. The fraction of sp³-hybridized carbons (Fsp3) is 0.688. The summed E-state index contributed by atoms with van der Waals surface area (Å²) < 4.78 is 0. The van der Waals surface area contributed by atoms with E-state index in [1.54, 1.807) is 0 Å². The summed E-state index contributed by atoms with van der Waals surface area (Å²) in [7, 11) is 1.97. The van der Waals surface area contributed by atoms with Crippen LogP contribution in [-0.2, 0) is 19.4 Å². The molecule has 106 valence electrons. The first kappa shape index (κ1) is 14.5. The minimum absolute atomic E-state index is 0.696. The van der Waals surface area contributed by atoms with Gasteiger partial charge in [0.15, 0.2) is 0 Å². The SMILES string of the molecule is CCCN(CCC)C1Cc2cnc(CNC)cc2C1. The van der Waals surface area contributed by atoms with Crippen molar-refractivity contribution in [2.75, 3.05) is 20.1 Å². The molecule has 1 unspecified atom stereocenters. The molecule has 0 fully saturated rings. The molecule has 0 spiro atoms. The average molecular weight is 261 g/mol. The topological polar surface area (TPSA) is 28.2 Å². The summed E-state index contributed by atoms with van der Waals surface area (Å²) in [5, 5.41) is 3.18. The fourth-order valence-corrected chi connectivity index (χ4v) is 3.12. The molecule has 0 bridgehead atoms. The number of fused-ring (bicyclic) bond motifs is 1. The van der Waals surface area contributed by atoms with Crippen LogP contribution in [0.3, 0.4) is 0 Å². The Morgan fingerprint density at radius 2 is 1.89 bits per heavy atom. The van der Waals surface area contributed by atoms with E-state index >= 15 is 0 Å². The van der Waals surface area contributed by atoms with Crippen LogP contribution in [0.25, 0.3) is 0 Å². The molecule has 1 atom stereocenters. The van der Waals surface area contributed by atoms with Crippen molar-refractivity contribution in [3.63, 3.8) is 0 Å². The molecule has 1 aromatic rings. The third kappa shape index (κ3) is 3.54. The number of hydrogen-bond donors (Lipinski definition) is 1. The number of nitrogens with one attached hydrogen (secondary N) is 1. The molecule has 1 aliphatic carbocycles. The Morgan fingerprint density at radius 1 is 1.21 bits per heavy atom. The number of pyridine rings is 1. The van der Waals surface area contributed by atoms with E-state index < -0.39 is 0 Å². The quantitative estimate of drug-likeness (QED) is 0.817. The minimum atomic E-state index is 0.696. The summed E-state index contributed by atoms with van der Waals surface area (Å²) in [6, 6.07) is 2.99. The highest BCUT2D eigenvalue weighted by Crippen LogP contribution is 2.26. The Morgan fingerprint density at radius 3 is 2.53 bits per heavy atom. The molecule has 3 heteroatoms. The summed E-state index contributed by atoms with van der Waals surface area (Å²) in [6.45, 7) is 7.87. The number of rotatable bonds is 7. The van der Waals surface area contributed by atoms with Crippen LogP contribution < -0.4 is 5.32 Å². The Balaban J connectivity index is 2.05. The van der Waals surface area contributed by atoms with Crippen molar-refractivity contribution in [2.24, 2.45) is 0 Å². The van der Waals surface area contributed by atoms with E-state index in [9.17, 15) is 0 Å². The normalized spacial score (nSPS) is 18.0. The molecule has 0 aliphatic heterocycles. The van der Waals surface area contributed by atoms with E-state index in [1.807, 2.05) is 7.05 Å². The van der Waals surface area contributed by atoms with Crippen molar-refractivity contribution in [3.8, 4) is 0 Å². The molecule has 19 heavy (non-hydrogen) atoms. The van der Waals surface area contributed by atoms with E-state index in [0.717, 1.165) is 6.54 Å². The van der Waals surface area contributed by atoms with Crippen LogP contribution in [0.4, 0.5) is 0 Å². The van der Waals surface area contributed by atoms with E-state index in [-0.39, 0.29) is 0 Å². The van der Waals surface area contributed by atoms with Gasteiger partial charge in [-0.15, -0.1) is 0 Å². The smallest absolute Gasteiger partial charge is 0.0544 e. The lowest BCUT2D eigenvalue weighted by Gasteiger charge is -2.27. The zero-order valence-electron chi connectivity index (χ0n) is 12.6. The molecular weight excluding hydrogens is 234 g/mol. The van der Waals surface area contributed by atoms with Crippen LogP contribution in [0.15, 0.2) is 12.3 Å². The highest BCUT2D eigenvalue weighted by atomic mass is 15.2. The Hall–Kier alpha value is -0.930. The molecule has 1 aromatic heterocycles. The molecule has 0 amide bonds. The van der Waals surface area contributed by atoms with Crippen LogP contribution >= 0.6 is 0 Å². The van der Waals surface area contributed by atoms with E-state index in [0.29, 0.717) is 6.04 Å². The maximum atomic E-state index is 4.54. The predicted molar refractivity (Wildman–Crippen MR) is 80.4 cm³/mol. The Kier molecular flexibility index (Phi) is 5.34. The molecule has 1 aliphatic rings. The van der Waals surface area contributed by atoms with E-state index in [1.165, 1.54) is 55.6 Å². The van der Waals surface area contributed by atoms with Crippen LogP contribution in [0.2, 0.25) is 0 Å². The molecule has 1 N–H and O–H groups in total. The zero-order valence-corrected chi connectivity index (χ0v) is 12.6. The average Bonchev–Trinajstić information content (AvgIpc) is 2.82. The van der Waals surface area contributed by atoms with Crippen molar-refractivity contribution in [1.29, 1.82) is 0 Å². The molecule has 3 nitrogen and oxygen atoms in total. The molecular formula is C16H27N3. The van der Waals surface area contributed by atoms with Gasteiger partial charge < -0.3 is 5.32 Å². The van der Waals surface area contributed by atoms with Gasteiger partial charge in [-0.25, -0.2) is 0 Å². The summed E-state index contributed by atoms with van der Waals surface area (Å²) >= 11 is 0. The van der Waals surface area contributed by atoms with Crippen LogP contribution in [0, 0.1) is 0 Å². The fourth-order valence-electron chi connectivity index (χ4n) is 3.12. The van der Waals surface area contributed by atoms with Crippen molar-refractivity contribution in [1.82, 2.24) is 15.2 Å². The van der Waals surface area contributed by atoms with Gasteiger partial charge in [0.05, 0.1) is 5.69 Å². The first-order valence-electron chi connectivity index (χ1n) is 7.63. The molecule has 2 rings (SSSR count). The van der Waals surface area contributed by atoms with Gasteiger partial charge in [0.2, 0.25) is 0 Å². The maximum absolute atomic E-state index is 4.54.